The van der Waals surface area contributed by atoms with Crippen LogP contribution in [0.1, 0.15) is 32.6 Å². The van der Waals surface area contributed by atoms with Gasteiger partial charge in [0.05, 0.1) is 12.1 Å². The molecule has 2 aliphatic rings. The van der Waals surface area contributed by atoms with Crippen molar-refractivity contribution in [2.24, 2.45) is 5.92 Å². The van der Waals surface area contributed by atoms with Crippen molar-refractivity contribution in [2.45, 2.75) is 44.2 Å². The van der Waals surface area contributed by atoms with Gasteiger partial charge in [-0.1, -0.05) is 6.92 Å². The average Bonchev–Trinajstić information content (AvgIpc) is 3.23. The zero-order valence-electron chi connectivity index (χ0n) is 12.9. The number of likely N-dealkylation sites (tertiary alicyclic amines) is 1. The van der Waals surface area contributed by atoms with Crippen LogP contribution in [0.25, 0.3) is 0 Å². The first kappa shape index (κ1) is 15.2. The molecule has 0 bridgehead atoms. The lowest BCUT2D eigenvalue weighted by atomic mass is 9.91. The predicted molar refractivity (Wildman–Crippen MR) is 79.4 cm³/mol. The maximum absolute atomic E-state index is 9.89. The zero-order valence-corrected chi connectivity index (χ0v) is 12.9. The zero-order chi connectivity index (χ0) is 13.9. The van der Waals surface area contributed by atoms with E-state index in [0.29, 0.717) is 5.92 Å². The highest BCUT2D eigenvalue weighted by molar-refractivity contribution is 5.03. The number of hydrogen-bond acceptors (Lipinski definition) is 4. The molecule has 1 aliphatic heterocycles. The number of aliphatic hydroxyl groups excluding tert-OH is 1. The first-order valence-electron chi connectivity index (χ1n) is 7.86. The van der Waals surface area contributed by atoms with Gasteiger partial charge in [0.15, 0.2) is 0 Å². The summed E-state index contributed by atoms with van der Waals surface area (Å²) in [5.74, 6) is 0.684. The Kier molecular flexibility index (Phi) is 5.23. The predicted octanol–water partition coefficient (Wildman–Crippen LogP) is 0.763. The number of nitrogens with one attached hydrogen (secondary N) is 1. The fourth-order valence-corrected chi connectivity index (χ4v) is 3.55. The van der Waals surface area contributed by atoms with Crippen molar-refractivity contribution in [1.29, 1.82) is 0 Å². The van der Waals surface area contributed by atoms with E-state index in [2.05, 4.69) is 36.1 Å². The largest absolute Gasteiger partial charge is 0.394 e. The smallest absolute Gasteiger partial charge is 0.0628 e. The van der Waals surface area contributed by atoms with Gasteiger partial charge in [0, 0.05) is 12.6 Å². The highest BCUT2D eigenvalue weighted by Crippen LogP contribution is 2.40. The standard InChI is InChI=1S/C15H31N3O/c1-4-16-15(12-19,13-5-6-13)11-18-9-7-14(8-10-18)17(2)3/h13-14,16,19H,4-12H2,1-3H3. The van der Waals surface area contributed by atoms with E-state index in [9.17, 15) is 5.11 Å². The van der Waals surface area contributed by atoms with Gasteiger partial charge in [0.25, 0.3) is 0 Å². The molecule has 1 atom stereocenters. The van der Waals surface area contributed by atoms with Crippen LogP contribution in [0.4, 0.5) is 0 Å². The van der Waals surface area contributed by atoms with Gasteiger partial charge in [-0.3, -0.25) is 0 Å². The van der Waals surface area contributed by atoms with Crippen LogP contribution in [-0.2, 0) is 0 Å². The maximum atomic E-state index is 9.89. The van der Waals surface area contributed by atoms with Crippen molar-refractivity contribution < 1.29 is 5.11 Å². The molecule has 0 amide bonds. The minimum absolute atomic E-state index is 0.0420. The number of nitrogens with zero attached hydrogens (tertiary/aromatic N) is 2. The molecule has 1 saturated heterocycles. The molecule has 1 saturated carbocycles. The van der Waals surface area contributed by atoms with Crippen molar-refractivity contribution in [3.8, 4) is 0 Å². The topological polar surface area (TPSA) is 38.7 Å². The van der Waals surface area contributed by atoms with Gasteiger partial charge in [-0.15, -0.1) is 0 Å². The highest BCUT2D eigenvalue weighted by Gasteiger charge is 2.45. The second-order valence-electron chi connectivity index (χ2n) is 6.59. The van der Waals surface area contributed by atoms with Crippen molar-refractivity contribution >= 4 is 0 Å². The molecule has 0 aromatic carbocycles. The van der Waals surface area contributed by atoms with E-state index in [1.54, 1.807) is 0 Å². The van der Waals surface area contributed by atoms with E-state index < -0.39 is 0 Å². The quantitative estimate of drug-likeness (QED) is 0.716. The van der Waals surface area contributed by atoms with Crippen molar-refractivity contribution in [3.63, 3.8) is 0 Å². The van der Waals surface area contributed by atoms with Crippen LogP contribution in [-0.4, -0.2) is 73.4 Å². The number of likely N-dealkylation sites (N-methyl/N-ethyl adjacent to an activating group) is 1. The monoisotopic (exact) mass is 269 g/mol. The van der Waals surface area contributed by atoms with E-state index in [0.717, 1.165) is 19.1 Å². The summed E-state index contributed by atoms with van der Waals surface area (Å²) < 4.78 is 0. The molecule has 4 nitrogen and oxygen atoms in total. The SMILES string of the molecule is CCNC(CO)(CN1CCC(N(C)C)CC1)C1CC1. The summed E-state index contributed by atoms with van der Waals surface area (Å²) in [6.07, 6.45) is 5.07. The molecule has 0 aromatic heterocycles. The third-order valence-electron chi connectivity index (χ3n) is 4.96. The highest BCUT2D eigenvalue weighted by atomic mass is 16.3. The lowest BCUT2D eigenvalue weighted by molar-refractivity contribution is 0.0668. The Bertz CT molecular complexity index is 273. The average molecular weight is 269 g/mol. The molecule has 19 heavy (non-hydrogen) atoms. The van der Waals surface area contributed by atoms with Gasteiger partial charge in [0.1, 0.15) is 0 Å². The molecular weight excluding hydrogens is 238 g/mol. The van der Waals surface area contributed by atoms with E-state index in [1.807, 2.05) is 0 Å². The van der Waals surface area contributed by atoms with Crippen LogP contribution in [0.2, 0.25) is 0 Å². The summed E-state index contributed by atoms with van der Waals surface area (Å²) in [7, 11) is 4.36. The fourth-order valence-electron chi connectivity index (χ4n) is 3.55. The molecule has 2 fully saturated rings. The number of rotatable bonds is 7. The maximum Gasteiger partial charge on any atom is 0.0628 e. The molecule has 4 heteroatoms. The Morgan fingerprint density at radius 2 is 1.84 bits per heavy atom. The van der Waals surface area contributed by atoms with Crippen LogP contribution in [0, 0.1) is 5.92 Å². The van der Waals surface area contributed by atoms with E-state index >= 15 is 0 Å². The van der Waals surface area contributed by atoms with Crippen LogP contribution in [0.5, 0.6) is 0 Å². The number of piperidine rings is 1. The van der Waals surface area contributed by atoms with Gasteiger partial charge in [-0.05, 0) is 65.3 Å². The summed E-state index contributed by atoms with van der Waals surface area (Å²) in [4.78, 5) is 4.90. The Labute approximate surface area is 118 Å². The molecule has 0 radical (unpaired) electrons. The summed E-state index contributed by atoms with van der Waals surface area (Å²) in [6, 6.07) is 0.736. The van der Waals surface area contributed by atoms with Crippen molar-refractivity contribution in [2.75, 3.05) is 46.9 Å². The third-order valence-corrected chi connectivity index (χ3v) is 4.96. The summed E-state index contributed by atoms with van der Waals surface area (Å²) in [5, 5.41) is 13.5. The van der Waals surface area contributed by atoms with Crippen molar-refractivity contribution in [1.82, 2.24) is 15.1 Å². The molecule has 0 spiro atoms. The lowest BCUT2D eigenvalue weighted by Gasteiger charge is -2.42. The lowest BCUT2D eigenvalue weighted by Crippen LogP contribution is -2.59. The van der Waals surface area contributed by atoms with Gasteiger partial charge < -0.3 is 20.2 Å². The normalized spacial score (nSPS) is 25.7. The van der Waals surface area contributed by atoms with E-state index in [4.69, 9.17) is 0 Å². The van der Waals surface area contributed by atoms with Crippen LogP contribution < -0.4 is 5.32 Å². The fraction of sp³-hybridized carbons (Fsp3) is 1.00. The Morgan fingerprint density at radius 1 is 1.21 bits per heavy atom. The van der Waals surface area contributed by atoms with Crippen LogP contribution in [0.3, 0.4) is 0 Å². The van der Waals surface area contributed by atoms with Crippen LogP contribution >= 0.6 is 0 Å². The van der Waals surface area contributed by atoms with Gasteiger partial charge in [-0.2, -0.15) is 0 Å². The molecule has 1 aliphatic carbocycles. The third kappa shape index (κ3) is 3.69. The molecule has 112 valence electrons. The van der Waals surface area contributed by atoms with Crippen LogP contribution in [0.15, 0.2) is 0 Å². The molecular formula is C15H31N3O. The van der Waals surface area contributed by atoms with Gasteiger partial charge >= 0.3 is 0 Å². The molecule has 1 unspecified atom stereocenters. The Balaban J connectivity index is 1.88. The van der Waals surface area contributed by atoms with E-state index in [1.165, 1.54) is 38.8 Å². The first-order valence-corrected chi connectivity index (χ1v) is 7.86. The van der Waals surface area contributed by atoms with E-state index in [-0.39, 0.29) is 12.1 Å². The van der Waals surface area contributed by atoms with Gasteiger partial charge in [-0.25, -0.2) is 0 Å². The summed E-state index contributed by atoms with van der Waals surface area (Å²) in [5.41, 5.74) is -0.0420. The summed E-state index contributed by atoms with van der Waals surface area (Å²) in [6.45, 7) is 6.73. The molecule has 0 aromatic rings. The van der Waals surface area contributed by atoms with Gasteiger partial charge in [0.2, 0.25) is 0 Å². The second kappa shape index (κ2) is 6.53. The number of hydrogen-bond donors (Lipinski definition) is 2. The summed E-state index contributed by atoms with van der Waals surface area (Å²) >= 11 is 0. The Hall–Kier alpha value is -0.160. The molecule has 2 rings (SSSR count). The second-order valence-corrected chi connectivity index (χ2v) is 6.59. The first-order chi connectivity index (χ1) is 9.11. The van der Waals surface area contributed by atoms with Crippen molar-refractivity contribution in [3.05, 3.63) is 0 Å². The minimum Gasteiger partial charge on any atom is -0.394 e. The minimum atomic E-state index is -0.0420. The molecule has 1 heterocycles. The molecule has 2 N–H and O–H groups in total. The number of aliphatic hydroxyl groups is 1. The Morgan fingerprint density at radius 3 is 2.26 bits per heavy atom.